The Balaban J connectivity index is 1.83. The Bertz CT molecular complexity index is 1080. The number of carboxylic acids is 1. The van der Waals surface area contributed by atoms with Crippen LogP contribution in [0.4, 0.5) is 0 Å². The number of aliphatic carboxylic acids is 1. The zero-order valence-electron chi connectivity index (χ0n) is 15.9. The van der Waals surface area contributed by atoms with E-state index in [4.69, 9.17) is 5.11 Å². The van der Waals surface area contributed by atoms with Crippen molar-refractivity contribution in [1.29, 1.82) is 0 Å². The van der Waals surface area contributed by atoms with Crippen molar-refractivity contribution in [3.8, 4) is 16.9 Å². The van der Waals surface area contributed by atoms with E-state index in [1.165, 1.54) is 26.1 Å². The number of hydrogen-bond acceptors (Lipinski definition) is 5. The highest BCUT2D eigenvalue weighted by atomic mass is 16.4. The average Bonchev–Trinajstić information content (AvgIpc) is 2.65. The summed E-state index contributed by atoms with van der Waals surface area (Å²) >= 11 is 0. The van der Waals surface area contributed by atoms with E-state index < -0.39 is 17.3 Å². The Hall–Kier alpha value is -3.48. The number of fused-ring (bicyclic) bond motifs is 1. The highest BCUT2D eigenvalue weighted by molar-refractivity contribution is 5.96. The van der Waals surface area contributed by atoms with Crippen molar-refractivity contribution in [1.82, 2.24) is 15.3 Å². The maximum Gasteiger partial charge on any atom is 0.310 e. The van der Waals surface area contributed by atoms with Gasteiger partial charge < -0.3 is 15.5 Å². The van der Waals surface area contributed by atoms with Crippen LogP contribution in [0.3, 0.4) is 0 Å². The number of pyridine rings is 2. The summed E-state index contributed by atoms with van der Waals surface area (Å²) < 4.78 is 0. The quantitative estimate of drug-likeness (QED) is 0.628. The molecule has 7 heteroatoms. The van der Waals surface area contributed by atoms with Crippen molar-refractivity contribution in [2.75, 3.05) is 6.54 Å². The smallest absolute Gasteiger partial charge is 0.310 e. The van der Waals surface area contributed by atoms with Gasteiger partial charge in [-0.2, -0.15) is 0 Å². The van der Waals surface area contributed by atoms with Crippen LogP contribution in [-0.2, 0) is 4.79 Å². The lowest BCUT2D eigenvalue weighted by Gasteiger charge is -2.19. The molecule has 7 nitrogen and oxygen atoms in total. The van der Waals surface area contributed by atoms with Crippen LogP contribution in [-0.4, -0.2) is 38.6 Å². The first kappa shape index (κ1) is 19.3. The Labute approximate surface area is 162 Å². The number of amides is 1. The van der Waals surface area contributed by atoms with Crippen LogP contribution < -0.4 is 5.32 Å². The van der Waals surface area contributed by atoms with Crippen molar-refractivity contribution >= 4 is 22.8 Å². The van der Waals surface area contributed by atoms with Crippen LogP contribution in [0.2, 0.25) is 0 Å². The van der Waals surface area contributed by atoms with Gasteiger partial charge in [0.1, 0.15) is 5.75 Å². The summed E-state index contributed by atoms with van der Waals surface area (Å²) in [5.74, 6) is -1.93. The maximum atomic E-state index is 12.3. The third kappa shape index (κ3) is 3.93. The number of benzene rings is 1. The number of carboxylic acid groups (broad SMARTS) is 1. The SMILES string of the molecule is Cc1ccc2cc(-c3cnc(C(=O)NCC(C)(C)C(=O)O)c(O)c3)ccc2n1. The van der Waals surface area contributed by atoms with Gasteiger partial charge in [-0.25, -0.2) is 4.98 Å². The molecule has 0 aliphatic rings. The number of aromatic nitrogens is 2. The van der Waals surface area contributed by atoms with Gasteiger partial charge in [0.2, 0.25) is 0 Å². The van der Waals surface area contributed by atoms with Crippen molar-refractivity contribution in [3.05, 3.63) is 54.0 Å². The monoisotopic (exact) mass is 379 g/mol. The minimum absolute atomic E-state index is 0.0822. The fraction of sp³-hybridized carbons (Fsp3) is 0.238. The highest BCUT2D eigenvalue weighted by Crippen LogP contribution is 2.27. The number of nitrogens with one attached hydrogen (secondary N) is 1. The van der Waals surface area contributed by atoms with Crippen LogP contribution in [0, 0.1) is 12.3 Å². The van der Waals surface area contributed by atoms with E-state index in [0.29, 0.717) is 5.56 Å². The molecule has 0 atom stereocenters. The Morgan fingerprint density at radius 1 is 1.11 bits per heavy atom. The third-order valence-corrected chi connectivity index (χ3v) is 4.51. The lowest BCUT2D eigenvalue weighted by molar-refractivity contribution is -0.146. The van der Waals surface area contributed by atoms with Gasteiger partial charge in [-0.1, -0.05) is 12.1 Å². The summed E-state index contributed by atoms with van der Waals surface area (Å²) in [7, 11) is 0. The lowest BCUT2D eigenvalue weighted by atomic mass is 9.94. The second-order valence-corrected chi connectivity index (χ2v) is 7.32. The number of aromatic hydroxyl groups is 1. The molecule has 28 heavy (non-hydrogen) atoms. The van der Waals surface area contributed by atoms with Gasteiger partial charge in [0, 0.05) is 29.4 Å². The van der Waals surface area contributed by atoms with Crippen LogP contribution in [0.5, 0.6) is 5.75 Å². The summed E-state index contributed by atoms with van der Waals surface area (Å²) in [5.41, 5.74) is 2.02. The number of carbonyl (C=O) groups is 2. The van der Waals surface area contributed by atoms with Gasteiger partial charge in [0.05, 0.1) is 10.9 Å². The molecule has 3 aromatic rings. The number of carbonyl (C=O) groups excluding carboxylic acids is 1. The van der Waals surface area contributed by atoms with E-state index in [9.17, 15) is 14.7 Å². The molecule has 0 aliphatic carbocycles. The molecule has 0 aliphatic heterocycles. The predicted molar refractivity (Wildman–Crippen MR) is 105 cm³/mol. The zero-order chi connectivity index (χ0) is 20.5. The molecule has 3 N–H and O–H groups in total. The first-order valence-corrected chi connectivity index (χ1v) is 8.76. The molecule has 0 saturated heterocycles. The highest BCUT2D eigenvalue weighted by Gasteiger charge is 2.28. The molecule has 0 spiro atoms. The zero-order valence-corrected chi connectivity index (χ0v) is 15.9. The van der Waals surface area contributed by atoms with Crippen molar-refractivity contribution in [2.24, 2.45) is 5.41 Å². The van der Waals surface area contributed by atoms with Crippen LogP contribution in [0.1, 0.15) is 30.0 Å². The Morgan fingerprint density at radius 2 is 1.86 bits per heavy atom. The lowest BCUT2D eigenvalue weighted by Crippen LogP contribution is -2.39. The van der Waals surface area contributed by atoms with E-state index in [0.717, 1.165) is 22.2 Å². The number of nitrogens with zero attached hydrogens (tertiary/aromatic N) is 2. The largest absolute Gasteiger partial charge is 0.505 e. The summed E-state index contributed by atoms with van der Waals surface area (Å²) in [6.07, 6.45) is 1.50. The molecule has 1 aromatic carbocycles. The molecular weight excluding hydrogens is 358 g/mol. The van der Waals surface area contributed by atoms with Gasteiger partial charge >= 0.3 is 5.97 Å². The van der Waals surface area contributed by atoms with Crippen LogP contribution in [0.15, 0.2) is 42.6 Å². The second kappa shape index (κ2) is 7.26. The first-order chi connectivity index (χ1) is 13.2. The van der Waals surface area contributed by atoms with E-state index in [1.54, 1.807) is 0 Å². The van der Waals surface area contributed by atoms with Crippen molar-refractivity contribution in [2.45, 2.75) is 20.8 Å². The fourth-order valence-electron chi connectivity index (χ4n) is 2.65. The van der Waals surface area contributed by atoms with E-state index in [2.05, 4.69) is 15.3 Å². The van der Waals surface area contributed by atoms with E-state index in [-0.39, 0.29) is 18.0 Å². The molecule has 144 valence electrons. The molecule has 0 radical (unpaired) electrons. The number of aryl methyl sites for hydroxylation is 1. The van der Waals surface area contributed by atoms with Crippen molar-refractivity contribution in [3.63, 3.8) is 0 Å². The molecule has 0 saturated carbocycles. The maximum absolute atomic E-state index is 12.3. The van der Waals surface area contributed by atoms with Gasteiger partial charge in [-0.3, -0.25) is 14.6 Å². The van der Waals surface area contributed by atoms with Gasteiger partial charge in [0.15, 0.2) is 5.69 Å². The van der Waals surface area contributed by atoms with Crippen LogP contribution in [0.25, 0.3) is 22.0 Å². The second-order valence-electron chi connectivity index (χ2n) is 7.32. The fourth-order valence-corrected chi connectivity index (χ4v) is 2.65. The first-order valence-electron chi connectivity index (χ1n) is 8.76. The Kier molecular flexibility index (Phi) is 5.00. The summed E-state index contributed by atoms with van der Waals surface area (Å²) in [5, 5.41) is 22.8. The molecule has 3 rings (SSSR count). The molecule has 0 unspecified atom stereocenters. The number of rotatable bonds is 5. The minimum atomic E-state index is -1.12. The topological polar surface area (TPSA) is 112 Å². The predicted octanol–water partition coefficient (Wildman–Crippen LogP) is 3.15. The van der Waals surface area contributed by atoms with E-state index in [1.807, 2.05) is 37.3 Å². The summed E-state index contributed by atoms with van der Waals surface area (Å²) in [4.78, 5) is 31.9. The summed E-state index contributed by atoms with van der Waals surface area (Å²) in [6.45, 7) is 4.85. The molecule has 0 fully saturated rings. The normalized spacial score (nSPS) is 11.4. The van der Waals surface area contributed by atoms with Gasteiger partial charge in [-0.15, -0.1) is 0 Å². The summed E-state index contributed by atoms with van der Waals surface area (Å²) in [6, 6.07) is 11.1. The standard InChI is InChI=1S/C21H21N3O4/c1-12-4-5-14-8-13(6-7-16(14)24-12)15-9-17(25)18(22-10-15)19(26)23-11-21(2,3)20(27)28/h4-10,25H,11H2,1-3H3,(H,23,26)(H,27,28). The molecule has 2 heterocycles. The molecule has 2 aromatic heterocycles. The average molecular weight is 379 g/mol. The molecule has 0 bridgehead atoms. The number of hydrogen-bond donors (Lipinski definition) is 3. The van der Waals surface area contributed by atoms with Gasteiger partial charge in [-0.05, 0) is 50.6 Å². The van der Waals surface area contributed by atoms with Crippen LogP contribution >= 0.6 is 0 Å². The van der Waals surface area contributed by atoms with Crippen molar-refractivity contribution < 1.29 is 19.8 Å². The van der Waals surface area contributed by atoms with E-state index >= 15 is 0 Å². The Morgan fingerprint density at radius 3 is 2.54 bits per heavy atom. The van der Waals surface area contributed by atoms with Gasteiger partial charge in [0.25, 0.3) is 5.91 Å². The third-order valence-electron chi connectivity index (χ3n) is 4.51. The molecular formula is C21H21N3O4. The molecule has 1 amide bonds. The minimum Gasteiger partial charge on any atom is -0.505 e.